The number of hydrogen-bond donors (Lipinski definition) is 1. The number of aryl methyl sites for hydroxylation is 1. The van der Waals surface area contributed by atoms with Gasteiger partial charge in [0.25, 0.3) is 0 Å². The molecule has 0 aromatic carbocycles. The van der Waals surface area contributed by atoms with E-state index in [0.717, 1.165) is 37.4 Å². The highest BCUT2D eigenvalue weighted by Gasteiger charge is 2.25. The van der Waals surface area contributed by atoms with E-state index in [1.165, 1.54) is 0 Å². The molecule has 0 saturated carbocycles. The van der Waals surface area contributed by atoms with Crippen LogP contribution in [0.1, 0.15) is 25.5 Å². The van der Waals surface area contributed by atoms with Crippen LogP contribution in [0.5, 0.6) is 0 Å². The molecule has 0 aliphatic carbocycles. The normalized spacial score (nSPS) is 25.8. The van der Waals surface area contributed by atoms with Gasteiger partial charge in [-0.05, 0) is 31.4 Å². The molecule has 2 heterocycles. The number of anilines is 1. The highest BCUT2D eigenvalue weighted by atomic mass is 15.3. The van der Waals surface area contributed by atoms with Crippen molar-refractivity contribution in [3.05, 3.63) is 17.8 Å². The van der Waals surface area contributed by atoms with Gasteiger partial charge in [-0.2, -0.15) is 5.10 Å². The maximum atomic E-state index is 6.09. The number of nitrogens with zero attached hydrogens (tertiary/aromatic N) is 3. The molecule has 0 bridgehead atoms. The van der Waals surface area contributed by atoms with Gasteiger partial charge < -0.3 is 10.6 Å². The maximum Gasteiger partial charge on any atom is 0.151 e. The Bertz CT molecular complexity index is 335. The van der Waals surface area contributed by atoms with Crippen molar-refractivity contribution in [3.63, 3.8) is 0 Å². The van der Waals surface area contributed by atoms with Gasteiger partial charge in [0, 0.05) is 19.1 Å². The summed E-state index contributed by atoms with van der Waals surface area (Å²) in [6.45, 7) is 6.16. The Morgan fingerprint density at radius 2 is 2.25 bits per heavy atom. The van der Waals surface area contributed by atoms with Gasteiger partial charge in [-0.1, -0.05) is 13.3 Å². The van der Waals surface area contributed by atoms with E-state index in [9.17, 15) is 0 Å². The van der Waals surface area contributed by atoms with Crippen LogP contribution in [0.2, 0.25) is 0 Å². The quantitative estimate of drug-likeness (QED) is 0.817. The molecule has 2 unspecified atom stereocenters. The van der Waals surface area contributed by atoms with Gasteiger partial charge in [0.15, 0.2) is 5.82 Å². The smallest absolute Gasteiger partial charge is 0.151 e. The summed E-state index contributed by atoms with van der Waals surface area (Å²) in [6.07, 6.45) is 2.19. The zero-order valence-corrected chi connectivity index (χ0v) is 10.1. The largest absolute Gasteiger partial charge is 0.355 e. The fourth-order valence-electron chi connectivity index (χ4n) is 2.25. The summed E-state index contributed by atoms with van der Waals surface area (Å²) in [5.74, 6) is 1.56. The first-order valence-electron chi connectivity index (χ1n) is 6.01. The lowest BCUT2D eigenvalue weighted by Crippen LogP contribution is -2.47. The molecular weight excluding hydrogens is 200 g/mol. The van der Waals surface area contributed by atoms with E-state index >= 15 is 0 Å². The molecule has 2 atom stereocenters. The van der Waals surface area contributed by atoms with E-state index in [0.29, 0.717) is 12.0 Å². The third-order valence-corrected chi connectivity index (χ3v) is 3.42. The van der Waals surface area contributed by atoms with Crippen LogP contribution in [0.15, 0.2) is 12.1 Å². The fourth-order valence-corrected chi connectivity index (χ4v) is 2.25. The topological polar surface area (TPSA) is 55.0 Å². The first-order chi connectivity index (χ1) is 7.70. The summed E-state index contributed by atoms with van der Waals surface area (Å²) < 4.78 is 0. The molecule has 4 nitrogen and oxygen atoms in total. The van der Waals surface area contributed by atoms with Crippen molar-refractivity contribution in [2.24, 2.45) is 11.7 Å². The highest BCUT2D eigenvalue weighted by Crippen LogP contribution is 2.22. The molecule has 1 saturated heterocycles. The predicted octanol–water partition coefficient (Wildman–Crippen LogP) is 1.35. The zero-order chi connectivity index (χ0) is 11.5. The molecule has 16 heavy (non-hydrogen) atoms. The zero-order valence-electron chi connectivity index (χ0n) is 10.1. The van der Waals surface area contributed by atoms with Crippen LogP contribution in [0.25, 0.3) is 0 Å². The monoisotopic (exact) mass is 220 g/mol. The molecule has 1 aromatic heterocycles. The summed E-state index contributed by atoms with van der Waals surface area (Å²) in [5.41, 5.74) is 7.05. The Kier molecular flexibility index (Phi) is 3.39. The minimum absolute atomic E-state index is 0.347. The van der Waals surface area contributed by atoms with Crippen LogP contribution < -0.4 is 10.6 Å². The van der Waals surface area contributed by atoms with Crippen molar-refractivity contribution < 1.29 is 0 Å². The standard InChI is InChI=1S/C12H20N4/c1-3-10-8-16(7-6-11(10)13)12-5-4-9(2)14-15-12/h4-5,10-11H,3,6-8,13H2,1-2H3. The molecular formula is C12H20N4. The van der Waals surface area contributed by atoms with Gasteiger partial charge in [0.1, 0.15) is 0 Å². The Hall–Kier alpha value is -1.16. The molecule has 2 N–H and O–H groups in total. The van der Waals surface area contributed by atoms with Gasteiger partial charge in [0.05, 0.1) is 5.69 Å². The molecule has 1 aromatic rings. The van der Waals surface area contributed by atoms with Crippen molar-refractivity contribution in [1.82, 2.24) is 10.2 Å². The SMILES string of the molecule is CCC1CN(c2ccc(C)nn2)CCC1N. The predicted molar refractivity (Wildman–Crippen MR) is 65.4 cm³/mol. The van der Waals surface area contributed by atoms with Crippen LogP contribution >= 0.6 is 0 Å². The summed E-state index contributed by atoms with van der Waals surface area (Å²) >= 11 is 0. The second kappa shape index (κ2) is 4.78. The number of rotatable bonds is 2. The van der Waals surface area contributed by atoms with Gasteiger partial charge >= 0.3 is 0 Å². The van der Waals surface area contributed by atoms with Crippen molar-refractivity contribution >= 4 is 5.82 Å². The molecule has 1 aliphatic heterocycles. The van der Waals surface area contributed by atoms with E-state index in [-0.39, 0.29) is 0 Å². The third kappa shape index (κ3) is 2.32. The van der Waals surface area contributed by atoms with Gasteiger partial charge in [-0.25, -0.2) is 0 Å². The molecule has 0 amide bonds. The van der Waals surface area contributed by atoms with Gasteiger partial charge in [0.2, 0.25) is 0 Å². The van der Waals surface area contributed by atoms with Crippen LogP contribution in [-0.4, -0.2) is 29.3 Å². The number of nitrogens with two attached hydrogens (primary N) is 1. The van der Waals surface area contributed by atoms with Crippen molar-refractivity contribution in [2.45, 2.75) is 32.7 Å². The van der Waals surface area contributed by atoms with E-state index in [2.05, 4.69) is 22.0 Å². The summed E-state index contributed by atoms with van der Waals surface area (Å²) in [4.78, 5) is 2.30. The number of hydrogen-bond acceptors (Lipinski definition) is 4. The maximum absolute atomic E-state index is 6.09. The first-order valence-corrected chi connectivity index (χ1v) is 6.01. The van der Waals surface area contributed by atoms with E-state index < -0.39 is 0 Å². The lowest BCUT2D eigenvalue weighted by atomic mass is 9.91. The molecule has 4 heteroatoms. The number of aromatic nitrogens is 2. The summed E-state index contributed by atoms with van der Waals surface area (Å²) in [5, 5.41) is 8.33. The molecule has 0 radical (unpaired) electrons. The highest BCUT2D eigenvalue weighted by molar-refractivity contribution is 5.38. The summed E-state index contributed by atoms with van der Waals surface area (Å²) in [6, 6.07) is 4.41. The minimum Gasteiger partial charge on any atom is -0.355 e. The Labute approximate surface area is 96.9 Å². The Balaban J connectivity index is 2.08. The minimum atomic E-state index is 0.347. The Morgan fingerprint density at radius 1 is 1.44 bits per heavy atom. The second-order valence-corrected chi connectivity index (χ2v) is 4.60. The second-order valence-electron chi connectivity index (χ2n) is 4.60. The molecule has 1 aliphatic rings. The van der Waals surface area contributed by atoms with Crippen LogP contribution in [-0.2, 0) is 0 Å². The van der Waals surface area contributed by atoms with Crippen molar-refractivity contribution in [2.75, 3.05) is 18.0 Å². The lowest BCUT2D eigenvalue weighted by Gasteiger charge is -2.36. The average molecular weight is 220 g/mol. The van der Waals surface area contributed by atoms with Crippen LogP contribution in [0.4, 0.5) is 5.82 Å². The average Bonchev–Trinajstić information content (AvgIpc) is 2.31. The van der Waals surface area contributed by atoms with E-state index in [1.54, 1.807) is 0 Å². The van der Waals surface area contributed by atoms with Crippen LogP contribution in [0.3, 0.4) is 0 Å². The van der Waals surface area contributed by atoms with Gasteiger partial charge in [-0.3, -0.25) is 0 Å². The van der Waals surface area contributed by atoms with E-state index in [1.807, 2.05) is 19.1 Å². The van der Waals surface area contributed by atoms with Crippen LogP contribution in [0, 0.1) is 12.8 Å². The fraction of sp³-hybridized carbons (Fsp3) is 0.667. The van der Waals surface area contributed by atoms with Gasteiger partial charge in [-0.15, -0.1) is 5.10 Å². The summed E-state index contributed by atoms with van der Waals surface area (Å²) in [7, 11) is 0. The van der Waals surface area contributed by atoms with Crippen molar-refractivity contribution in [3.8, 4) is 0 Å². The lowest BCUT2D eigenvalue weighted by molar-refractivity contribution is 0.346. The van der Waals surface area contributed by atoms with Crippen molar-refractivity contribution in [1.29, 1.82) is 0 Å². The number of piperidine rings is 1. The third-order valence-electron chi connectivity index (χ3n) is 3.42. The Morgan fingerprint density at radius 3 is 2.88 bits per heavy atom. The van der Waals surface area contributed by atoms with E-state index in [4.69, 9.17) is 5.73 Å². The molecule has 2 rings (SSSR count). The molecule has 0 spiro atoms. The first kappa shape index (κ1) is 11.3. The molecule has 1 fully saturated rings. The molecule has 88 valence electrons.